The van der Waals surface area contributed by atoms with Crippen molar-refractivity contribution in [3.63, 3.8) is 0 Å². The van der Waals surface area contributed by atoms with Crippen LogP contribution in [0.15, 0.2) is 0 Å². The summed E-state index contributed by atoms with van der Waals surface area (Å²) in [7, 11) is 1.08. The maximum absolute atomic E-state index is 8.52. The van der Waals surface area contributed by atoms with Gasteiger partial charge in [0.2, 0.25) is 0 Å². The minimum atomic E-state index is -5.17. The predicted molar refractivity (Wildman–Crippen MR) is 117 cm³/mol. The topological polar surface area (TPSA) is 112 Å². The van der Waals surface area contributed by atoms with Crippen LogP contribution in [-0.2, 0) is 10.4 Å². The first-order valence-corrected chi connectivity index (χ1v) is 12.7. The van der Waals surface area contributed by atoms with Gasteiger partial charge in [0.25, 0.3) is 0 Å². The van der Waals surface area contributed by atoms with Gasteiger partial charge in [0.15, 0.2) is 0 Å². The second-order valence-electron chi connectivity index (χ2n) is 8.07. The Balaban J connectivity index is -0.000000575. The second kappa shape index (κ2) is 26.8. The lowest BCUT2D eigenvalue weighted by Gasteiger charge is -2.06. The molecule has 0 radical (unpaired) electrons. The Hall–Kier alpha value is -0.210. The van der Waals surface area contributed by atoms with Gasteiger partial charge in [-0.25, -0.2) is 0 Å². The fourth-order valence-corrected chi connectivity index (χ4v) is 2.72. The van der Waals surface area contributed by atoms with Gasteiger partial charge in [-0.05, 0) is 12.8 Å². The molecule has 0 aliphatic rings. The van der Waals surface area contributed by atoms with Gasteiger partial charge in [0.05, 0.1) is 27.7 Å². The fraction of sp³-hybridized carbons (Fsp3) is 1.00. The number of hydrogen-bond donors (Lipinski definition) is 2. The summed E-state index contributed by atoms with van der Waals surface area (Å²) in [5, 5.41) is 0. The summed E-state index contributed by atoms with van der Waals surface area (Å²) in [4.78, 5) is 1.42. The third-order valence-electron chi connectivity index (χ3n) is 4.10. The average molecular weight is 427 g/mol. The van der Waals surface area contributed by atoms with Crippen molar-refractivity contribution in [2.24, 2.45) is 0 Å². The molecule has 0 amide bonds. The molecule has 7 heteroatoms. The molecule has 0 rings (SSSR count). The van der Waals surface area contributed by atoms with Crippen LogP contribution in [0.3, 0.4) is 0 Å². The predicted octanol–water partition coefficient (Wildman–Crippen LogP) is 2.91. The lowest BCUT2D eigenvalue weighted by atomic mass is 10.0. The van der Waals surface area contributed by atoms with E-state index in [4.69, 9.17) is 17.5 Å². The molecule has 0 atom stereocenters. The Labute approximate surface area is 176 Å². The van der Waals surface area contributed by atoms with Gasteiger partial charge in [-0.2, -0.15) is 0 Å². The molecular weight excluding hydrogens is 376 g/mol. The van der Waals surface area contributed by atoms with Gasteiger partial charge < -0.3 is 19.7 Å². The van der Waals surface area contributed by atoms with Gasteiger partial charge in [0.1, 0.15) is 0 Å². The molecule has 0 saturated carbocycles. The Morgan fingerprint density at radius 1 is 0.607 bits per heavy atom. The summed E-state index contributed by atoms with van der Waals surface area (Å²) in [6.45, 7) is 3.42. The molecule has 0 aliphatic heterocycles. The van der Waals surface area contributed by atoms with Crippen LogP contribution in [-0.4, -0.2) is 45.2 Å². The number of unbranched alkanes of at least 4 members (excludes halogenated alkanes) is 15. The van der Waals surface area contributed by atoms with Crippen molar-refractivity contribution in [2.45, 2.75) is 110 Å². The molecule has 4 N–H and O–H groups in total. The van der Waals surface area contributed by atoms with Gasteiger partial charge >= 0.3 is 0 Å². The van der Waals surface area contributed by atoms with E-state index in [-0.39, 0.29) is 0 Å². The van der Waals surface area contributed by atoms with E-state index in [2.05, 4.69) is 33.8 Å². The lowest BCUT2D eigenvalue weighted by Crippen LogP contribution is -3.02. The summed E-state index contributed by atoms with van der Waals surface area (Å²) < 4.78 is 34.1. The van der Waals surface area contributed by atoms with Crippen LogP contribution < -0.4 is 10.6 Å². The molecule has 174 valence electrons. The van der Waals surface area contributed by atoms with Crippen molar-refractivity contribution < 1.29 is 28.2 Å². The number of rotatable bonds is 16. The van der Waals surface area contributed by atoms with E-state index in [9.17, 15) is 0 Å². The lowest BCUT2D eigenvalue weighted by molar-refractivity contribution is -0.836. The molecule has 0 aromatic rings. The first kappa shape index (κ1) is 32.5. The van der Waals surface area contributed by atoms with Crippen LogP contribution in [0, 0.1) is 0 Å². The zero-order valence-electron chi connectivity index (χ0n) is 19.3. The van der Waals surface area contributed by atoms with Crippen molar-refractivity contribution in [3.05, 3.63) is 0 Å². The zero-order valence-corrected chi connectivity index (χ0v) is 20.1. The van der Waals surface area contributed by atoms with E-state index in [1.807, 2.05) is 0 Å². The summed E-state index contributed by atoms with van der Waals surface area (Å²) in [6.07, 6.45) is 23.2. The molecule has 0 aromatic carbocycles. The van der Waals surface area contributed by atoms with E-state index >= 15 is 0 Å². The molecule has 0 fully saturated rings. The Morgan fingerprint density at radius 3 is 0.964 bits per heavy atom. The van der Waals surface area contributed by atoms with Gasteiger partial charge in [0, 0.05) is 10.4 Å². The quantitative estimate of drug-likeness (QED) is 0.224. The van der Waals surface area contributed by atoms with E-state index in [0.29, 0.717) is 0 Å². The van der Waals surface area contributed by atoms with E-state index in [1.165, 1.54) is 108 Å². The summed E-state index contributed by atoms with van der Waals surface area (Å²) in [5.74, 6) is 0. The largest absolute Gasteiger partial charge is 0.759 e. The van der Waals surface area contributed by atoms with Crippen LogP contribution in [0.1, 0.15) is 110 Å². The highest BCUT2D eigenvalue weighted by atomic mass is 32.3. The molecule has 0 heterocycles. The van der Waals surface area contributed by atoms with Gasteiger partial charge in [-0.1, -0.05) is 96.8 Å². The first-order valence-electron chi connectivity index (χ1n) is 11.4. The number of nitrogens with one attached hydrogen (secondary N) is 1. The molecule has 0 aromatic heterocycles. The third-order valence-corrected chi connectivity index (χ3v) is 4.10. The zero-order chi connectivity index (χ0) is 22.1. The molecular formula is C21H50N2O4S. The summed E-state index contributed by atoms with van der Waals surface area (Å²) in [5.41, 5.74) is 3.89. The molecule has 0 bridgehead atoms. The second-order valence-corrected chi connectivity index (χ2v) is 8.88. The molecule has 0 unspecified atom stereocenters. The SMILES string of the molecule is CCCCCCCCCCCCCCCCCC[NH3+].C[NH+](C)C.O=S(=O)([O-])[O-]. The first-order chi connectivity index (χ1) is 13.1. The molecule has 0 aliphatic carbocycles. The van der Waals surface area contributed by atoms with E-state index < -0.39 is 10.4 Å². The highest BCUT2D eigenvalue weighted by Gasteiger charge is 1.94. The third kappa shape index (κ3) is 63.6. The molecule has 0 spiro atoms. The highest BCUT2D eigenvalue weighted by molar-refractivity contribution is 7.79. The highest BCUT2D eigenvalue weighted by Crippen LogP contribution is 2.13. The molecule has 0 saturated heterocycles. The smallest absolute Gasteiger partial charge is 0.0739 e. The Bertz CT molecular complexity index is 337. The van der Waals surface area contributed by atoms with E-state index in [1.54, 1.807) is 0 Å². The van der Waals surface area contributed by atoms with Crippen molar-refractivity contribution in [3.8, 4) is 0 Å². The molecule has 28 heavy (non-hydrogen) atoms. The summed E-state index contributed by atoms with van der Waals surface area (Å²) >= 11 is 0. The standard InChI is InChI=1S/C18H39N.C3H9N.H2O4S/c1-2-3-4-5-6-7-8-9-10-11-12-13-14-15-16-17-18-19;1-4(2)3;1-5(2,3)4/h2-19H2,1H3;1-3H3;(H2,1,2,3,4). The Kier molecular flexibility index (Phi) is 31.1. The van der Waals surface area contributed by atoms with E-state index in [0.717, 1.165) is 6.54 Å². The van der Waals surface area contributed by atoms with Crippen LogP contribution >= 0.6 is 0 Å². The monoisotopic (exact) mass is 426 g/mol. The Morgan fingerprint density at radius 2 is 0.786 bits per heavy atom. The number of quaternary nitrogens is 2. The molecule has 6 nitrogen and oxygen atoms in total. The maximum Gasteiger partial charge on any atom is 0.0739 e. The van der Waals surface area contributed by atoms with Crippen molar-refractivity contribution in [1.29, 1.82) is 0 Å². The maximum atomic E-state index is 8.52. The minimum Gasteiger partial charge on any atom is -0.759 e. The van der Waals surface area contributed by atoms with Gasteiger partial charge in [-0.3, -0.25) is 8.42 Å². The van der Waals surface area contributed by atoms with Crippen molar-refractivity contribution in [1.82, 2.24) is 0 Å². The summed E-state index contributed by atoms with van der Waals surface area (Å²) in [6, 6.07) is 0. The minimum absolute atomic E-state index is 1.12. The van der Waals surface area contributed by atoms with Crippen LogP contribution in [0.2, 0.25) is 0 Å². The van der Waals surface area contributed by atoms with Gasteiger partial charge in [-0.15, -0.1) is 0 Å². The fourth-order valence-electron chi connectivity index (χ4n) is 2.72. The van der Waals surface area contributed by atoms with Crippen molar-refractivity contribution >= 4 is 10.4 Å². The average Bonchev–Trinajstić information content (AvgIpc) is 2.56. The van der Waals surface area contributed by atoms with Crippen LogP contribution in [0.4, 0.5) is 0 Å². The van der Waals surface area contributed by atoms with Crippen LogP contribution in [0.5, 0.6) is 0 Å². The van der Waals surface area contributed by atoms with Crippen LogP contribution in [0.25, 0.3) is 0 Å². The van der Waals surface area contributed by atoms with Crippen molar-refractivity contribution in [2.75, 3.05) is 27.7 Å². The normalized spacial score (nSPS) is 10.9. The number of hydrogen-bond acceptors (Lipinski definition) is 4.